The normalized spacial score (nSPS) is 12.0. The third-order valence-electron chi connectivity index (χ3n) is 6.55. The van der Waals surface area contributed by atoms with Crippen molar-refractivity contribution >= 4 is 127 Å². The quantitative estimate of drug-likeness (QED) is 0.0870. The van der Waals surface area contributed by atoms with E-state index in [1.54, 1.807) is 0 Å². The molecule has 2 aromatic carbocycles. The van der Waals surface area contributed by atoms with Gasteiger partial charge in [0.15, 0.2) is 0 Å². The Morgan fingerprint density at radius 3 is 0.884 bits per heavy atom. The molecule has 0 aliphatic heterocycles. The van der Waals surface area contributed by atoms with Gasteiger partial charge >= 0.3 is 0 Å². The maximum atomic E-state index is 6.23. The highest BCUT2D eigenvalue weighted by atomic mass is 79.9. The Bertz CT molecular complexity index is 916. The zero-order chi connectivity index (χ0) is 31.8. The van der Waals surface area contributed by atoms with E-state index in [0.29, 0.717) is 26.4 Å². The van der Waals surface area contributed by atoms with Crippen LogP contribution in [0.15, 0.2) is 36.4 Å². The molecular formula is C31H40Br8O4. The van der Waals surface area contributed by atoms with E-state index in [1.165, 1.54) is 0 Å². The highest BCUT2D eigenvalue weighted by Gasteiger charge is 2.27. The first kappa shape index (κ1) is 40.7. The van der Waals surface area contributed by atoms with Gasteiger partial charge in [0.25, 0.3) is 0 Å². The molecule has 0 N–H and O–H groups in total. The van der Waals surface area contributed by atoms with E-state index in [2.05, 4.69) is 166 Å². The maximum Gasteiger partial charge on any atom is 0.123 e. The molecule has 2 rings (SSSR count). The average Bonchev–Trinajstić information content (AvgIpc) is 2.93. The Morgan fingerprint density at radius 2 is 0.674 bits per heavy atom. The molecule has 43 heavy (non-hydrogen) atoms. The van der Waals surface area contributed by atoms with Gasteiger partial charge in [-0.25, -0.2) is 0 Å². The van der Waals surface area contributed by atoms with Gasteiger partial charge in [-0.2, -0.15) is 0 Å². The summed E-state index contributed by atoms with van der Waals surface area (Å²) >= 11 is 28.4. The third kappa shape index (κ3) is 17.4. The summed E-state index contributed by atoms with van der Waals surface area (Å²) in [6.45, 7) is 6.95. The van der Waals surface area contributed by atoms with Gasteiger partial charge in [0, 0.05) is 17.5 Å². The lowest BCUT2D eigenvalue weighted by Gasteiger charge is -2.28. The van der Waals surface area contributed by atoms with Crippen LogP contribution in [0.4, 0.5) is 0 Å². The second-order valence-electron chi connectivity index (χ2n) is 10.5. The van der Waals surface area contributed by atoms with Crippen LogP contribution in [0, 0.1) is 0 Å². The van der Waals surface area contributed by atoms with Crippen molar-refractivity contribution in [2.75, 3.05) is 26.4 Å². The molecular weight excluding hydrogens is 1080 g/mol. The second kappa shape index (κ2) is 22.2. The molecule has 0 aliphatic rings. The van der Waals surface area contributed by atoms with Gasteiger partial charge in [0.1, 0.15) is 23.0 Å². The van der Waals surface area contributed by atoms with Crippen LogP contribution in [0.2, 0.25) is 0 Å². The van der Waals surface area contributed by atoms with Crippen molar-refractivity contribution in [1.82, 2.24) is 0 Å². The van der Waals surface area contributed by atoms with E-state index in [-0.39, 0.29) is 20.4 Å². The SMILES string of the molecule is CC(C)(c1cc(OCCCC(Br)Br)cc(OCCCC(Br)Br)c1)c1cc(OCCCC(Br)Br)cc(OCCCC(Br)Br)c1. The average molecular weight is 1120 g/mol. The Kier molecular flexibility index (Phi) is 21.0. The van der Waals surface area contributed by atoms with Crippen molar-refractivity contribution in [3.63, 3.8) is 0 Å². The molecule has 0 atom stereocenters. The third-order valence-corrected chi connectivity index (χ3v) is 10.2. The van der Waals surface area contributed by atoms with Crippen LogP contribution in [0.3, 0.4) is 0 Å². The minimum absolute atomic E-state index is 0.284. The summed E-state index contributed by atoms with van der Waals surface area (Å²) in [7, 11) is 0. The second-order valence-corrected chi connectivity index (χ2v) is 24.3. The van der Waals surface area contributed by atoms with Gasteiger partial charge in [0.2, 0.25) is 0 Å². The van der Waals surface area contributed by atoms with Crippen molar-refractivity contribution in [3.8, 4) is 23.0 Å². The molecule has 0 spiro atoms. The minimum Gasteiger partial charge on any atom is -0.493 e. The lowest BCUT2D eigenvalue weighted by molar-refractivity contribution is 0.292. The van der Waals surface area contributed by atoms with Gasteiger partial charge in [-0.1, -0.05) is 141 Å². The van der Waals surface area contributed by atoms with Gasteiger partial charge < -0.3 is 18.9 Å². The van der Waals surface area contributed by atoms with Crippen molar-refractivity contribution in [1.29, 1.82) is 0 Å². The Morgan fingerprint density at radius 1 is 0.442 bits per heavy atom. The van der Waals surface area contributed by atoms with Crippen LogP contribution >= 0.6 is 127 Å². The van der Waals surface area contributed by atoms with E-state index >= 15 is 0 Å². The number of ether oxygens (including phenoxy) is 4. The zero-order valence-electron chi connectivity index (χ0n) is 24.4. The van der Waals surface area contributed by atoms with Crippen molar-refractivity contribution in [3.05, 3.63) is 47.5 Å². The first-order chi connectivity index (χ1) is 20.4. The topological polar surface area (TPSA) is 36.9 Å². The van der Waals surface area contributed by atoms with E-state index in [4.69, 9.17) is 18.9 Å². The van der Waals surface area contributed by atoms with Gasteiger partial charge in [-0.3, -0.25) is 0 Å². The van der Waals surface area contributed by atoms with E-state index in [0.717, 1.165) is 85.5 Å². The zero-order valence-corrected chi connectivity index (χ0v) is 37.1. The molecule has 244 valence electrons. The molecule has 0 unspecified atom stereocenters. The predicted octanol–water partition coefficient (Wildman–Crippen LogP) is 13.1. The van der Waals surface area contributed by atoms with E-state index in [9.17, 15) is 0 Å². The predicted molar refractivity (Wildman–Crippen MR) is 210 cm³/mol. The lowest BCUT2D eigenvalue weighted by Crippen LogP contribution is -2.20. The molecule has 0 amide bonds. The van der Waals surface area contributed by atoms with E-state index < -0.39 is 0 Å². The molecule has 0 radical (unpaired) electrons. The molecule has 0 heterocycles. The molecule has 0 aliphatic carbocycles. The minimum atomic E-state index is -0.379. The first-order valence-electron chi connectivity index (χ1n) is 14.3. The molecule has 0 saturated heterocycles. The standard InChI is InChI=1S/C31H40Br8O4/c1-31(2,21-15-23(40-11-3-7-27(32)33)19-24(16-21)41-12-4-8-28(34)35)22-17-25(42-13-5-9-29(36)37)20-26(18-22)43-14-6-10-30(38)39/h15-20,27-30H,3-14H2,1-2H3. The number of hydrogen-bond acceptors (Lipinski definition) is 4. The van der Waals surface area contributed by atoms with Crippen molar-refractivity contribution in [2.45, 2.75) is 85.6 Å². The summed E-state index contributed by atoms with van der Waals surface area (Å²) < 4.78 is 26.1. The lowest BCUT2D eigenvalue weighted by atomic mass is 9.78. The van der Waals surface area contributed by atoms with Crippen LogP contribution in [0.1, 0.15) is 76.3 Å². The molecule has 12 heteroatoms. The summed E-state index contributed by atoms with van der Waals surface area (Å²) in [6, 6.07) is 12.5. The molecule has 0 fully saturated rings. The Balaban J connectivity index is 2.36. The smallest absolute Gasteiger partial charge is 0.123 e. The van der Waals surface area contributed by atoms with Crippen molar-refractivity contribution in [2.24, 2.45) is 0 Å². The van der Waals surface area contributed by atoms with Crippen molar-refractivity contribution < 1.29 is 18.9 Å². The Hall–Kier alpha value is 1.48. The molecule has 0 bridgehead atoms. The monoisotopic (exact) mass is 1110 g/mol. The maximum absolute atomic E-state index is 6.23. The summed E-state index contributed by atoms with van der Waals surface area (Å²) in [5.41, 5.74) is 1.82. The van der Waals surface area contributed by atoms with Crippen LogP contribution in [-0.2, 0) is 5.41 Å². The number of halogens is 8. The highest BCUT2D eigenvalue weighted by Crippen LogP contribution is 2.39. The largest absolute Gasteiger partial charge is 0.493 e. The number of hydrogen-bond donors (Lipinski definition) is 0. The van der Waals surface area contributed by atoms with Gasteiger partial charge in [0.05, 0.1) is 41.4 Å². The molecule has 2 aromatic rings. The summed E-state index contributed by atoms with van der Waals surface area (Å²) in [4.78, 5) is 0. The van der Waals surface area contributed by atoms with Gasteiger partial charge in [-0.15, -0.1) is 0 Å². The number of rotatable bonds is 22. The summed E-state index contributed by atoms with van der Waals surface area (Å²) in [5.74, 6) is 3.23. The Labute approximate surface area is 325 Å². The molecule has 0 saturated carbocycles. The summed E-state index contributed by atoms with van der Waals surface area (Å²) in [5, 5.41) is 0. The van der Waals surface area contributed by atoms with Gasteiger partial charge in [-0.05, 0) is 86.8 Å². The summed E-state index contributed by atoms with van der Waals surface area (Å²) in [6.07, 6.45) is 7.62. The molecule has 0 aromatic heterocycles. The van der Waals surface area contributed by atoms with E-state index in [1.807, 2.05) is 12.1 Å². The van der Waals surface area contributed by atoms with Crippen LogP contribution in [-0.4, -0.2) is 41.4 Å². The highest BCUT2D eigenvalue weighted by molar-refractivity contribution is 9.25. The van der Waals surface area contributed by atoms with Crippen LogP contribution in [0.5, 0.6) is 23.0 Å². The fourth-order valence-corrected chi connectivity index (χ4v) is 6.67. The van der Waals surface area contributed by atoms with Crippen LogP contribution in [0.25, 0.3) is 0 Å². The number of benzene rings is 2. The first-order valence-corrected chi connectivity index (χ1v) is 21.6. The molecule has 4 nitrogen and oxygen atoms in total. The number of alkyl halides is 8. The fraction of sp³-hybridized carbons (Fsp3) is 0.613. The van der Waals surface area contributed by atoms with Crippen LogP contribution < -0.4 is 18.9 Å². The fourth-order valence-electron chi connectivity index (χ4n) is 4.08.